The third-order valence-corrected chi connectivity index (χ3v) is 4.87. The minimum absolute atomic E-state index is 0.0415. The first-order chi connectivity index (χ1) is 8.97. The summed E-state index contributed by atoms with van der Waals surface area (Å²) in [6.45, 7) is 1.39. The Balaban J connectivity index is 2.38. The van der Waals surface area contributed by atoms with Gasteiger partial charge in [0.2, 0.25) is 0 Å². The zero-order chi connectivity index (χ0) is 14.0. The monoisotopic (exact) mass is 313 g/mol. The van der Waals surface area contributed by atoms with Gasteiger partial charge in [-0.15, -0.1) is 11.3 Å². The molecule has 4 nitrogen and oxygen atoms in total. The van der Waals surface area contributed by atoms with Crippen LogP contribution in [0, 0.1) is 10.1 Å². The van der Waals surface area contributed by atoms with Gasteiger partial charge < -0.3 is 0 Å². The molecule has 0 saturated carbocycles. The van der Waals surface area contributed by atoms with E-state index in [0.717, 1.165) is 16.2 Å². The van der Waals surface area contributed by atoms with Gasteiger partial charge in [-0.3, -0.25) is 14.9 Å². The molecule has 0 aliphatic carbocycles. The van der Waals surface area contributed by atoms with Crippen LogP contribution in [0.4, 0.5) is 5.69 Å². The highest BCUT2D eigenvalue weighted by atomic mass is 35.5. The molecule has 0 aliphatic rings. The average Bonchev–Trinajstić information content (AvgIpc) is 2.73. The molecule has 7 heteroatoms. The molecule has 2 aromatic rings. The Morgan fingerprint density at radius 1 is 1.42 bits per heavy atom. The van der Waals surface area contributed by atoms with E-state index in [2.05, 4.69) is 0 Å². The Labute approximate surface area is 122 Å². The highest BCUT2D eigenvalue weighted by Gasteiger charge is 2.21. The molecule has 1 aromatic heterocycles. The Kier molecular flexibility index (Phi) is 4.24. The molecule has 1 aromatic carbocycles. The zero-order valence-electron chi connectivity index (χ0n) is 9.75. The van der Waals surface area contributed by atoms with Crippen molar-refractivity contribution < 1.29 is 9.72 Å². The Hall–Kier alpha value is -1.37. The Bertz CT molecular complexity index is 654. The van der Waals surface area contributed by atoms with Crippen LogP contribution in [0.15, 0.2) is 39.4 Å². The maximum absolute atomic E-state index is 11.3. The lowest BCUT2D eigenvalue weighted by Crippen LogP contribution is -1.87. The molecule has 0 aliphatic heterocycles. The topological polar surface area (TPSA) is 60.2 Å². The fourth-order valence-corrected chi connectivity index (χ4v) is 3.89. The Morgan fingerprint density at radius 2 is 2.16 bits per heavy atom. The van der Waals surface area contributed by atoms with Crippen molar-refractivity contribution in [3.63, 3.8) is 0 Å². The number of ketones is 1. The van der Waals surface area contributed by atoms with E-state index >= 15 is 0 Å². The number of thiophene rings is 1. The summed E-state index contributed by atoms with van der Waals surface area (Å²) >= 11 is 8.23. The third kappa shape index (κ3) is 3.34. The van der Waals surface area contributed by atoms with Gasteiger partial charge in [-0.05, 0) is 25.1 Å². The SMILES string of the molecule is CC(=O)c1cc([N+](=O)[O-])c(Sc2cccc(Cl)c2)s1. The van der Waals surface area contributed by atoms with Crippen LogP contribution in [0.1, 0.15) is 16.6 Å². The molecule has 0 fully saturated rings. The zero-order valence-corrected chi connectivity index (χ0v) is 12.1. The smallest absolute Gasteiger partial charge is 0.294 e. The molecular weight excluding hydrogens is 306 g/mol. The van der Waals surface area contributed by atoms with Gasteiger partial charge in [0.1, 0.15) is 4.21 Å². The van der Waals surface area contributed by atoms with Crippen LogP contribution in [0.3, 0.4) is 0 Å². The van der Waals surface area contributed by atoms with E-state index in [0.29, 0.717) is 14.1 Å². The average molecular weight is 314 g/mol. The molecule has 2 rings (SSSR count). The standard InChI is InChI=1S/C12H8ClNO3S2/c1-7(15)11-6-10(14(16)17)12(19-11)18-9-4-2-3-8(13)5-9/h2-6H,1H3. The third-order valence-electron chi connectivity index (χ3n) is 2.23. The molecule has 0 bridgehead atoms. The van der Waals surface area contributed by atoms with E-state index in [1.54, 1.807) is 18.2 Å². The van der Waals surface area contributed by atoms with Gasteiger partial charge in [-0.2, -0.15) is 0 Å². The second-order valence-corrected chi connectivity index (χ2v) is 6.49. The molecule has 0 saturated heterocycles. The largest absolute Gasteiger partial charge is 0.294 e. The van der Waals surface area contributed by atoms with Gasteiger partial charge in [0.05, 0.1) is 9.80 Å². The van der Waals surface area contributed by atoms with Crippen molar-refractivity contribution in [2.45, 2.75) is 16.0 Å². The fourth-order valence-electron chi connectivity index (χ4n) is 1.38. The lowest BCUT2D eigenvalue weighted by atomic mass is 10.3. The summed E-state index contributed by atoms with van der Waals surface area (Å²) < 4.78 is 0.484. The van der Waals surface area contributed by atoms with Crippen molar-refractivity contribution in [3.05, 3.63) is 50.3 Å². The van der Waals surface area contributed by atoms with Crippen molar-refractivity contribution in [1.82, 2.24) is 0 Å². The molecule has 0 radical (unpaired) electrons. The predicted molar refractivity (Wildman–Crippen MR) is 76.6 cm³/mol. The van der Waals surface area contributed by atoms with Gasteiger partial charge in [0.15, 0.2) is 5.78 Å². The number of hydrogen-bond acceptors (Lipinski definition) is 5. The first-order valence-corrected chi connectivity index (χ1v) is 7.21. The first-order valence-electron chi connectivity index (χ1n) is 5.20. The molecule has 1 heterocycles. The van der Waals surface area contributed by atoms with Crippen molar-refractivity contribution in [2.24, 2.45) is 0 Å². The van der Waals surface area contributed by atoms with Crippen LogP contribution in [0.25, 0.3) is 0 Å². The number of benzene rings is 1. The first kappa shape index (κ1) is 14.0. The van der Waals surface area contributed by atoms with Crippen LogP contribution < -0.4 is 0 Å². The molecule has 0 N–H and O–H groups in total. The summed E-state index contributed by atoms with van der Waals surface area (Å²) in [7, 11) is 0. The van der Waals surface area contributed by atoms with E-state index < -0.39 is 4.92 Å². The molecule has 0 unspecified atom stereocenters. The maximum atomic E-state index is 11.3. The summed E-state index contributed by atoms with van der Waals surface area (Å²) in [5, 5.41) is 11.5. The van der Waals surface area contributed by atoms with Crippen molar-refractivity contribution in [2.75, 3.05) is 0 Å². The lowest BCUT2D eigenvalue weighted by Gasteiger charge is -1.99. The number of nitrogens with zero attached hydrogens (tertiary/aromatic N) is 1. The molecule has 0 spiro atoms. The summed E-state index contributed by atoms with van der Waals surface area (Å²) in [5.41, 5.74) is -0.0415. The van der Waals surface area contributed by atoms with Gasteiger partial charge in [0.25, 0.3) is 5.69 Å². The highest BCUT2D eigenvalue weighted by Crippen LogP contribution is 2.41. The second-order valence-electron chi connectivity index (χ2n) is 3.66. The van der Waals surface area contributed by atoms with E-state index in [9.17, 15) is 14.9 Å². The van der Waals surface area contributed by atoms with E-state index in [-0.39, 0.29) is 11.5 Å². The van der Waals surface area contributed by atoms with Crippen LogP contribution in [-0.4, -0.2) is 10.7 Å². The quantitative estimate of drug-likeness (QED) is 0.468. The molecular formula is C12H8ClNO3S2. The summed E-state index contributed by atoms with van der Waals surface area (Å²) in [4.78, 5) is 23.0. The van der Waals surface area contributed by atoms with Gasteiger partial charge in [0, 0.05) is 16.0 Å². The number of carbonyl (C=O) groups is 1. The number of Topliss-reactive ketones (excluding diaryl/α,β-unsaturated/α-hetero) is 1. The molecule has 0 atom stereocenters. The van der Waals surface area contributed by atoms with E-state index in [1.165, 1.54) is 24.8 Å². The number of nitro groups is 1. The van der Waals surface area contributed by atoms with Gasteiger partial charge in [-0.1, -0.05) is 29.4 Å². The summed E-state index contributed by atoms with van der Waals surface area (Å²) in [5.74, 6) is -0.175. The minimum atomic E-state index is -0.476. The molecule has 19 heavy (non-hydrogen) atoms. The van der Waals surface area contributed by atoms with E-state index in [4.69, 9.17) is 11.6 Å². The minimum Gasteiger partial charge on any atom is -0.294 e. The molecule has 0 amide bonds. The highest BCUT2D eigenvalue weighted by molar-refractivity contribution is 8.01. The van der Waals surface area contributed by atoms with Gasteiger partial charge in [-0.25, -0.2) is 0 Å². The number of halogens is 1. The van der Waals surface area contributed by atoms with Crippen LogP contribution in [0.2, 0.25) is 5.02 Å². The summed E-state index contributed by atoms with van der Waals surface area (Å²) in [6.07, 6.45) is 0. The predicted octanol–water partition coefficient (Wildman–Crippen LogP) is 4.66. The van der Waals surface area contributed by atoms with Crippen LogP contribution >= 0.6 is 34.7 Å². The van der Waals surface area contributed by atoms with Crippen LogP contribution in [0.5, 0.6) is 0 Å². The maximum Gasteiger partial charge on any atom is 0.294 e. The number of rotatable bonds is 4. The van der Waals surface area contributed by atoms with Crippen molar-refractivity contribution in [1.29, 1.82) is 0 Å². The normalized spacial score (nSPS) is 10.4. The molecule has 98 valence electrons. The van der Waals surface area contributed by atoms with E-state index in [1.807, 2.05) is 6.07 Å². The van der Waals surface area contributed by atoms with Crippen molar-refractivity contribution in [3.8, 4) is 0 Å². The number of hydrogen-bond donors (Lipinski definition) is 0. The summed E-state index contributed by atoms with van der Waals surface area (Å²) in [6, 6.07) is 8.36. The second kappa shape index (κ2) is 5.73. The van der Waals surface area contributed by atoms with Gasteiger partial charge >= 0.3 is 0 Å². The van der Waals surface area contributed by atoms with Crippen molar-refractivity contribution >= 4 is 46.2 Å². The number of carbonyl (C=O) groups excluding carboxylic acids is 1. The Morgan fingerprint density at radius 3 is 2.74 bits per heavy atom. The van der Waals surface area contributed by atoms with Crippen LogP contribution in [-0.2, 0) is 0 Å². The lowest BCUT2D eigenvalue weighted by molar-refractivity contribution is -0.387. The fraction of sp³-hybridized carbons (Fsp3) is 0.0833.